The highest BCUT2D eigenvalue weighted by Crippen LogP contribution is 2.33. The van der Waals surface area contributed by atoms with E-state index in [0.717, 1.165) is 12.8 Å². The molecule has 1 saturated heterocycles. The third kappa shape index (κ3) is 3.61. The average Bonchev–Trinajstić information content (AvgIpc) is 3.42. The van der Waals surface area contributed by atoms with Crippen LogP contribution in [0.5, 0.6) is 0 Å². The lowest BCUT2D eigenvalue weighted by molar-refractivity contribution is -0.145. The van der Waals surface area contributed by atoms with Crippen molar-refractivity contribution in [1.29, 1.82) is 0 Å². The maximum absolute atomic E-state index is 13.1. The molecule has 1 saturated carbocycles. The summed E-state index contributed by atoms with van der Waals surface area (Å²) in [4.78, 5) is 39.4. The molecule has 0 aromatic carbocycles. The number of aromatic nitrogens is 1. The lowest BCUT2D eigenvalue weighted by Gasteiger charge is -2.25. The van der Waals surface area contributed by atoms with E-state index in [2.05, 4.69) is 0 Å². The molecule has 7 nitrogen and oxygen atoms in total. The molecule has 1 aromatic rings. The number of rotatable bonds is 3. The standard InChI is InChI=1S/C18H25N3O4/c1-11-7-8-21(14-5-6-14)17(23)15(11)16(22)20-9-12(18(24)25-2)3-4-13(19)10-20/h7-8,12-14H,3-6,9-10,19H2,1-2H3/t12-,13+/m0/s1. The molecule has 136 valence electrons. The number of ether oxygens (including phenoxy) is 1. The van der Waals surface area contributed by atoms with Crippen LogP contribution in [0.3, 0.4) is 0 Å². The number of pyridine rings is 1. The minimum atomic E-state index is -0.405. The summed E-state index contributed by atoms with van der Waals surface area (Å²) in [5.41, 5.74) is 6.67. The van der Waals surface area contributed by atoms with Gasteiger partial charge in [0, 0.05) is 31.4 Å². The van der Waals surface area contributed by atoms with Crippen LogP contribution >= 0.6 is 0 Å². The predicted octanol–water partition coefficient (Wildman–Crippen LogP) is 0.844. The van der Waals surface area contributed by atoms with E-state index in [1.165, 1.54) is 7.11 Å². The van der Waals surface area contributed by atoms with Crippen molar-refractivity contribution in [2.45, 2.75) is 44.7 Å². The number of likely N-dealkylation sites (tertiary alicyclic amines) is 1. The number of hydrogen-bond acceptors (Lipinski definition) is 5. The summed E-state index contributed by atoms with van der Waals surface area (Å²) in [6.45, 7) is 2.33. The fraction of sp³-hybridized carbons (Fsp3) is 0.611. The summed E-state index contributed by atoms with van der Waals surface area (Å²) in [6.07, 6.45) is 4.92. The van der Waals surface area contributed by atoms with Crippen LogP contribution < -0.4 is 11.3 Å². The van der Waals surface area contributed by atoms with Gasteiger partial charge >= 0.3 is 5.97 Å². The summed E-state index contributed by atoms with van der Waals surface area (Å²) >= 11 is 0. The number of nitrogens with zero attached hydrogens (tertiary/aromatic N) is 2. The van der Waals surface area contributed by atoms with E-state index in [-0.39, 0.29) is 41.6 Å². The quantitative estimate of drug-likeness (QED) is 0.818. The Morgan fingerprint density at radius 2 is 1.92 bits per heavy atom. The Bertz CT molecular complexity index is 738. The smallest absolute Gasteiger partial charge is 0.310 e. The molecule has 0 bridgehead atoms. The van der Waals surface area contributed by atoms with Crippen molar-refractivity contribution in [3.8, 4) is 0 Å². The number of hydrogen-bond donors (Lipinski definition) is 1. The predicted molar refractivity (Wildman–Crippen MR) is 92.3 cm³/mol. The summed E-state index contributed by atoms with van der Waals surface area (Å²) in [5.74, 6) is -1.09. The third-order valence-electron chi connectivity index (χ3n) is 5.09. The molecular weight excluding hydrogens is 322 g/mol. The molecule has 2 aliphatic rings. The molecule has 1 aliphatic carbocycles. The highest BCUT2D eigenvalue weighted by molar-refractivity contribution is 5.95. The summed E-state index contributed by atoms with van der Waals surface area (Å²) in [6, 6.07) is 1.80. The summed E-state index contributed by atoms with van der Waals surface area (Å²) < 4.78 is 6.49. The molecule has 1 amide bonds. The Labute approximate surface area is 146 Å². The topological polar surface area (TPSA) is 94.6 Å². The second kappa shape index (κ2) is 7.00. The Morgan fingerprint density at radius 3 is 2.56 bits per heavy atom. The van der Waals surface area contributed by atoms with Gasteiger partial charge < -0.3 is 19.9 Å². The van der Waals surface area contributed by atoms with Gasteiger partial charge in [0.1, 0.15) is 5.56 Å². The number of carbonyl (C=O) groups excluding carboxylic acids is 2. The second-order valence-electron chi connectivity index (χ2n) is 7.08. The third-order valence-corrected chi connectivity index (χ3v) is 5.09. The lowest BCUT2D eigenvalue weighted by Crippen LogP contribution is -2.44. The van der Waals surface area contributed by atoms with Crippen molar-refractivity contribution in [3.05, 3.63) is 33.7 Å². The number of amides is 1. The molecular formula is C18H25N3O4. The first-order valence-corrected chi connectivity index (χ1v) is 8.76. The van der Waals surface area contributed by atoms with Crippen LogP contribution in [0.15, 0.2) is 17.1 Å². The molecule has 1 aliphatic heterocycles. The van der Waals surface area contributed by atoms with Crippen molar-refractivity contribution in [2.75, 3.05) is 20.2 Å². The van der Waals surface area contributed by atoms with Crippen molar-refractivity contribution in [2.24, 2.45) is 11.7 Å². The summed E-state index contributed by atoms with van der Waals surface area (Å²) in [7, 11) is 1.34. The van der Waals surface area contributed by atoms with Gasteiger partial charge in [0.15, 0.2) is 0 Å². The minimum absolute atomic E-state index is 0.187. The van der Waals surface area contributed by atoms with Gasteiger partial charge in [-0.15, -0.1) is 0 Å². The van der Waals surface area contributed by atoms with Gasteiger partial charge in [-0.2, -0.15) is 0 Å². The van der Waals surface area contributed by atoms with Crippen LogP contribution in [0.4, 0.5) is 0 Å². The van der Waals surface area contributed by atoms with Crippen LogP contribution in [0.1, 0.15) is 47.6 Å². The molecule has 25 heavy (non-hydrogen) atoms. The fourth-order valence-electron chi connectivity index (χ4n) is 3.45. The largest absolute Gasteiger partial charge is 0.469 e. The zero-order valence-electron chi connectivity index (χ0n) is 14.7. The van der Waals surface area contributed by atoms with Crippen molar-refractivity contribution in [3.63, 3.8) is 0 Å². The minimum Gasteiger partial charge on any atom is -0.469 e. The van der Waals surface area contributed by atoms with Crippen LogP contribution in [-0.2, 0) is 9.53 Å². The number of methoxy groups -OCH3 is 1. The van der Waals surface area contributed by atoms with Gasteiger partial charge in [-0.3, -0.25) is 14.4 Å². The highest BCUT2D eigenvalue weighted by atomic mass is 16.5. The molecule has 0 spiro atoms. The van der Waals surface area contributed by atoms with Crippen molar-refractivity contribution >= 4 is 11.9 Å². The number of nitrogens with two attached hydrogens (primary N) is 1. The van der Waals surface area contributed by atoms with E-state index in [1.54, 1.807) is 22.6 Å². The first-order chi connectivity index (χ1) is 11.9. The molecule has 2 heterocycles. The van der Waals surface area contributed by atoms with Gasteiger partial charge in [-0.05, 0) is 44.2 Å². The fourth-order valence-corrected chi connectivity index (χ4v) is 3.45. The SMILES string of the molecule is COC(=O)[C@H]1CC[C@@H](N)CN(C(=O)c2c(C)ccn(C3CC3)c2=O)C1. The molecule has 1 aromatic heterocycles. The van der Waals surface area contributed by atoms with E-state index in [1.807, 2.05) is 6.07 Å². The highest BCUT2D eigenvalue weighted by Gasteiger charge is 2.33. The van der Waals surface area contributed by atoms with Gasteiger partial charge in [-0.1, -0.05) is 0 Å². The van der Waals surface area contributed by atoms with E-state index < -0.39 is 5.92 Å². The Balaban J connectivity index is 1.92. The molecule has 2 fully saturated rings. The number of carbonyl (C=O) groups is 2. The molecule has 2 N–H and O–H groups in total. The normalized spacial score (nSPS) is 23.9. The second-order valence-corrected chi connectivity index (χ2v) is 7.08. The maximum atomic E-state index is 13.1. The van der Waals surface area contributed by atoms with Crippen LogP contribution in [0.2, 0.25) is 0 Å². The molecule has 2 atom stereocenters. The molecule has 0 unspecified atom stereocenters. The van der Waals surface area contributed by atoms with E-state index >= 15 is 0 Å². The lowest BCUT2D eigenvalue weighted by atomic mass is 10.0. The first-order valence-electron chi connectivity index (χ1n) is 8.76. The Kier molecular flexibility index (Phi) is 4.94. The van der Waals surface area contributed by atoms with Gasteiger partial charge in [0.2, 0.25) is 0 Å². The first kappa shape index (κ1) is 17.7. The van der Waals surface area contributed by atoms with E-state index in [4.69, 9.17) is 10.5 Å². The Morgan fingerprint density at radius 1 is 1.20 bits per heavy atom. The Hall–Kier alpha value is -2.15. The number of aryl methyl sites for hydroxylation is 1. The zero-order chi connectivity index (χ0) is 18.1. The molecule has 7 heteroatoms. The average molecular weight is 347 g/mol. The van der Waals surface area contributed by atoms with Gasteiger partial charge in [0.05, 0.1) is 13.0 Å². The van der Waals surface area contributed by atoms with Crippen LogP contribution in [0, 0.1) is 12.8 Å². The van der Waals surface area contributed by atoms with E-state index in [9.17, 15) is 14.4 Å². The van der Waals surface area contributed by atoms with Crippen molar-refractivity contribution < 1.29 is 14.3 Å². The molecule has 0 radical (unpaired) electrons. The van der Waals surface area contributed by atoms with Crippen molar-refractivity contribution in [1.82, 2.24) is 9.47 Å². The number of esters is 1. The van der Waals surface area contributed by atoms with Crippen LogP contribution in [-0.4, -0.2) is 47.6 Å². The molecule has 3 rings (SSSR count). The van der Waals surface area contributed by atoms with Gasteiger partial charge in [-0.25, -0.2) is 0 Å². The van der Waals surface area contributed by atoms with E-state index in [0.29, 0.717) is 24.9 Å². The monoisotopic (exact) mass is 347 g/mol. The van der Waals surface area contributed by atoms with Crippen LogP contribution in [0.25, 0.3) is 0 Å². The zero-order valence-corrected chi connectivity index (χ0v) is 14.7. The summed E-state index contributed by atoms with van der Waals surface area (Å²) in [5, 5.41) is 0. The van der Waals surface area contributed by atoms with Gasteiger partial charge in [0.25, 0.3) is 11.5 Å². The maximum Gasteiger partial charge on any atom is 0.310 e.